The second-order valence-corrected chi connectivity index (χ2v) is 4.97. The monoisotopic (exact) mass is 339 g/mol. The number of aromatic nitrogens is 2. The van der Waals surface area contributed by atoms with Crippen molar-refractivity contribution in [3.05, 3.63) is 66.6 Å². The first-order valence-electron chi connectivity index (χ1n) is 7.28. The van der Waals surface area contributed by atoms with E-state index in [9.17, 15) is 9.18 Å². The maximum atomic E-state index is 12.8. The highest BCUT2D eigenvalue weighted by Gasteiger charge is 2.04. The molecule has 2 aromatic carbocycles. The molecule has 2 amide bonds. The van der Waals surface area contributed by atoms with Crippen LogP contribution in [-0.2, 0) is 0 Å². The molecule has 0 aliphatic rings. The van der Waals surface area contributed by atoms with E-state index in [1.165, 1.54) is 30.5 Å². The maximum absolute atomic E-state index is 12.8. The van der Waals surface area contributed by atoms with E-state index in [4.69, 9.17) is 10.5 Å². The van der Waals surface area contributed by atoms with Crippen LogP contribution in [0.15, 0.2) is 60.8 Å². The molecule has 0 radical (unpaired) electrons. The molecular formula is C17H14FN5O2. The van der Waals surface area contributed by atoms with E-state index in [0.717, 1.165) is 0 Å². The Balaban J connectivity index is 1.58. The van der Waals surface area contributed by atoms with Gasteiger partial charge in [-0.15, -0.1) is 0 Å². The Bertz CT molecular complexity index is 869. The standard InChI is InChI=1S/C17H14FN5O2/c18-11-1-3-12(4-2-11)21-17(24)22-13-5-7-14(8-6-13)25-15-9-10-20-16(19)23-15/h1-10H,(H2,19,20,23)(H2,21,22,24). The first-order chi connectivity index (χ1) is 12.1. The maximum Gasteiger partial charge on any atom is 0.323 e. The molecule has 126 valence electrons. The summed E-state index contributed by atoms with van der Waals surface area (Å²) in [7, 11) is 0. The number of nitrogens with zero attached hydrogens (tertiary/aromatic N) is 2. The van der Waals surface area contributed by atoms with Gasteiger partial charge in [0, 0.05) is 23.6 Å². The molecule has 1 aromatic heterocycles. The number of benzene rings is 2. The minimum atomic E-state index is -0.441. The van der Waals surface area contributed by atoms with Crippen molar-refractivity contribution in [2.45, 2.75) is 0 Å². The number of rotatable bonds is 4. The van der Waals surface area contributed by atoms with Crippen molar-refractivity contribution in [1.82, 2.24) is 9.97 Å². The number of amides is 2. The summed E-state index contributed by atoms with van der Waals surface area (Å²) < 4.78 is 18.4. The lowest BCUT2D eigenvalue weighted by Crippen LogP contribution is -2.19. The van der Waals surface area contributed by atoms with Gasteiger partial charge in [-0.1, -0.05) is 0 Å². The van der Waals surface area contributed by atoms with Crippen LogP contribution in [0.3, 0.4) is 0 Å². The molecule has 0 spiro atoms. The summed E-state index contributed by atoms with van der Waals surface area (Å²) in [6, 6.07) is 13.3. The Morgan fingerprint density at radius 1 is 0.960 bits per heavy atom. The molecule has 0 atom stereocenters. The fourth-order valence-corrected chi connectivity index (χ4v) is 1.97. The molecular weight excluding hydrogens is 325 g/mol. The lowest BCUT2D eigenvalue weighted by atomic mass is 10.3. The third-order valence-electron chi connectivity index (χ3n) is 3.09. The van der Waals surface area contributed by atoms with Crippen molar-refractivity contribution in [2.75, 3.05) is 16.4 Å². The predicted molar refractivity (Wildman–Crippen MR) is 92.0 cm³/mol. The SMILES string of the molecule is Nc1nccc(Oc2ccc(NC(=O)Nc3ccc(F)cc3)cc2)n1. The van der Waals surface area contributed by atoms with Gasteiger partial charge in [0.25, 0.3) is 0 Å². The molecule has 0 bridgehead atoms. The van der Waals surface area contributed by atoms with E-state index >= 15 is 0 Å². The van der Waals surface area contributed by atoms with Gasteiger partial charge < -0.3 is 21.1 Å². The molecule has 7 nitrogen and oxygen atoms in total. The summed E-state index contributed by atoms with van der Waals surface area (Å²) in [6.07, 6.45) is 1.49. The lowest BCUT2D eigenvalue weighted by Gasteiger charge is -2.09. The number of carbonyl (C=O) groups excluding carboxylic acids is 1. The van der Waals surface area contributed by atoms with Crippen LogP contribution in [0.1, 0.15) is 0 Å². The fraction of sp³-hybridized carbons (Fsp3) is 0. The summed E-state index contributed by atoms with van der Waals surface area (Å²) >= 11 is 0. The van der Waals surface area contributed by atoms with E-state index < -0.39 is 6.03 Å². The Labute approximate surface area is 142 Å². The molecule has 3 rings (SSSR count). The zero-order valence-electron chi connectivity index (χ0n) is 12.9. The van der Waals surface area contributed by atoms with Gasteiger partial charge in [-0.25, -0.2) is 14.2 Å². The molecule has 0 aliphatic heterocycles. The van der Waals surface area contributed by atoms with Gasteiger partial charge in [0.15, 0.2) is 0 Å². The Morgan fingerprint density at radius 2 is 1.56 bits per heavy atom. The molecule has 0 fully saturated rings. The number of nitrogen functional groups attached to an aromatic ring is 1. The normalized spacial score (nSPS) is 10.1. The van der Waals surface area contributed by atoms with E-state index in [2.05, 4.69) is 20.6 Å². The minimum Gasteiger partial charge on any atom is -0.439 e. The smallest absolute Gasteiger partial charge is 0.323 e. The van der Waals surface area contributed by atoms with Crippen LogP contribution in [0.25, 0.3) is 0 Å². The first-order valence-corrected chi connectivity index (χ1v) is 7.28. The van der Waals surface area contributed by atoms with Crippen LogP contribution in [0.2, 0.25) is 0 Å². The summed E-state index contributed by atoms with van der Waals surface area (Å²) in [6.45, 7) is 0. The number of nitrogens with one attached hydrogen (secondary N) is 2. The third-order valence-corrected chi connectivity index (χ3v) is 3.09. The molecule has 0 unspecified atom stereocenters. The molecule has 3 aromatic rings. The van der Waals surface area contributed by atoms with E-state index in [0.29, 0.717) is 23.0 Å². The largest absolute Gasteiger partial charge is 0.439 e. The molecule has 25 heavy (non-hydrogen) atoms. The average molecular weight is 339 g/mol. The highest BCUT2D eigenvalue weighted by molar-refractivity contribution is 5.99. The van der Waals surface area contributed by atoms with Gasteiger partial charge in [0.2, 0.25) is 11.8 Å². The average Bonchev–Trinajstić information content (AvgIpc) is 2.59. The summed E-state index contributed by atoms with van der Waals surface area (Å²) in [5.41, 5.74) is 6.54. The second kappa shape index (κ2) is 7.26. The van der Waals surface area contributed by atoms with Gasteiger partial charge in [-0.3, -0.25) is 0 Å². The van der Waals surface area contributed by atoms with Crippen molar-refractivity contribution in [3.8, 4) is 11.6 Å². The molecule has 0 aliphatic carbocycles. The van der Waals surface area contributed by atoms with Crippen LogP contribution in [-0.4, -0.2) is 16.0 Å². The van der Waals surface area contributed by atoms with Gasteiger partial charge in [-0.2, -0.15) is 4.98 Å². The van der Waals surface area contributed by atoms with Gasteiger partial charge >= 0.3 is 6.03 Å². The van der Waals surface area contributed by atoms with Crippen molar-refractivity contribution >= 4 is 23.4 Å². The Hall–Kier alpha value is -3.68. The number of carbonyl (C=O) groups is 1. The number of halogens is 1. The highest BCUT2D eigenvalue weighted by atomic mass is 19.1. The topological polar surface area (TPSA) is 102 Å². The number of anilines is 3. The fourth-order valence-electron chi connectivity index (χ4n) is 1.97. The molecule has 4 N–H and O–H groups in total. The van der Waals surface area contributed by atoms with E-state index in [1.807, 2.05) is 0 Å². The first kappa shape index (κ1) is 16.2. The van der Waals surface area contributed by atoms with E-state index in [1.54, 1.807) is 30.3 Å². The predicted octanol–water partition coefficient (Wildman–Crippen LogP) is 3.63. The van der Waals surface area contributed by atoms with Crippen LogP contribution in [0, 0.1) is 5.82 Å². The lowest BCUT2D eigenvalue weighted by molar-refractivity contribution is 0.262. The highest BCUT2D eigenvalue weighted by Crippen LogP contribution is 2.21. The van der Waals surface area contributed by atoms with Crippen LogP contribution in [0.5, 0.6) is 11.6 Å². The Kier molecular flexibility index (Phi) is 4.70. The number of nitrogens with two attached hydrogens (primary N) is 1. The van der Waals surface area contributed by atoms with Gasteiger partial charge in [0.1, 0.15) is 11.6 Å². The van der Waals surface area contributed by atoms with Crippen LogP contribution < -0.4 is 21.1 Å². The van der Waals surface area contributed by atoms with Crippen molar-refractivity contribution in [2.24, 2.45) is 0 Å². The zero-order valence-corrected chi connectivity index (χ0v) is 12.9. The third kappa shape index (κ3) is 4.64. The van der Waals surface area contributed by atoms with Crippen molar-refractivity contribution < 1.29 is 13.9 Å². The molecule has 1 heterocycles. The number of hydrogen-bond acceptors (Lipinski definition) is 5. The van der Waals surface area contributed by atoms with Gasteiger partial charge in [0.05, 0.1) is 0 Å². The summed E-state index contributed by atoms with van der Waals surface area (Å²) in [5.74, 6) is 0.602. The summed E-state index contributed by atoms with van der Waals surface area (Å²) in [4.78, 5) is 19.6. The van der Waals surface area contributed by atoms with Gasteiger partial charge in [-0.05, 0) is 48.5 Å². The minimum absolute atomic E-state index is 0.119. The van der Waals surface area contributed by atoms with Crippen molar-refractivity contribution in [3.63, 3.8) is 0 Å². The Morgan fingerprint density at radius 3 is 2.16 bits per heavy atom. The van der Waals surface area contributed by atoms with Crippen LogP contribution >= 0.6 is 0 Å². The second-order valence-electron chi connectivity index (χ2n) is 4.97. The molecule has 0 saturated carbocycles. The number of ether oxygens (including phenoxy) is 1. The van der Waals surface area contributed by atoms with Crippen molar-refractivity contribution in [1.29, 1.82) is 0 Å². The summed E-state index contributed by atoms with van der Waals surface area (Å²) in [5, 5.41) is 5.26. The van der Waals surface area contributed by atoms with E-state index in [-0.39, 0.29) is 11.8 Å². The molecule has 8 heteroatoms. The number of hydrogen-bond donors (Lipinski definition) is 3. The van der Waals surface area contributed by atoms with Crippen LogP contribution in [0.4, 0.5) is 26.5 Å². The zero-order chi connectivity index (χ0) is 17.6. The molecule has 0 saturated heterocycles. The number of urea groups is 1. The quantitative estimate of drug-likeness (QED) is 0.673.